The van der Waals surface area contributed by atoms with E-state index < -0.39 is 0 Å². The lowest BCUT2D eigenvalue weighted by atomic mass is 10.2. The van der Waals surface area contributed by atoms with Crippen LogP contribution in [0.4, 0.5) is 0 Å². The van der Waals surface area contributed by atoms with Gasteiger partial charge in [-0.15, -0.1) is 0 Å². The molecule has 20 heavy (non-hydrogen) atoms. The van der Waals surface area contributed by atoms with Crippen LogP contribution < -0.4 is 5.32 Å². The summed E-state index contributed by atoms with van der Waals surface area (Å²) in [7, 11) is 0. The van der Waals surface area contributed by atoms with Gasteiger partial charge in [-0.3, -0.25) is 4.79 Å². The second-order valence-electron chi connectivity index (χ2n) is 4.81. The fourth-order valence-corrected chi connectivity index (χ4v) is 2.30. The first-order valence-electron chi connectivity index (χ1n) is 6.65. The molecule has 0 radical (unpaired) electrons. The third-order valence-corrected chi connectivity index (χ3v) is 3.57. The second-order valence-corrected chi connectivity index (χ2v) is 5.25. The molecule has 0 bridgehead atoms. The van der Waals surface area contributed by atoms with Crippen LogP contribution in [-0.2, 0) is 16.1 Å². The summed E-state index contributed by atoms with van der Waals surface area (Å²) in [5, 5.41) is 13.4. The van der Waals surface area contributed by atoms with Crippen molar-refractivity contribution in [1.29, 1.82) is 0 Å². The van der Waals surface area contributed by atoms with Crippen LogP contribution in [0.15, 0.2) is 18.2 Å². The molecular weight excluding hydrogens is 280 g/mol. The van der Waals surface area contributed by atoms with Gasteiger partial charge in [-0.1, -0.05) is 11.6 Å². The third kappa shape index (κ3) is 3.85. The molecule has 5 nitrogen and oxygen atoms in total. The summed E-state index contributed by atoms with van der Waals surface area (Å²) in [5.74, 6) is 0.225. The summed E-state index contributed by atoms with van der Waals surface area (Å²) >= 11 is 5.89. The number of hydrogen-bond donors (Lipinski definition) is 2. The van der Waals surface area contributed by atoms with Gasteiger partial charge in [0.05, 0.1) is 19.3 Å². The molecule has 1 saturated heterocycles. The van der Waals surface area contributed by atoms with E-state index in [1.165, 1.54) is 0 Å². The molecule has 1 fully saturated rings. The highest BCUT2D eigenvalue weighted by molar-refractivity contribution is 6.30. The Morgan fingerprint density at radius 2 is 2.20 bits per heavy atom. The van der Waals surface area contributed by atoms with Crippen LogP contribution in [0.2, 0.25) is 5.02 Å². The molecule has 2 rings (SSSR count). The van der Waals surface area contributed by atoms with Crippen LogP contribution in [0, 0.1) is 0 Å². The molecule has 1 aliphatic rings. The van der Waals surface area contributed by atoms with Crippen molar-refractivity contribution in [3.05, 3.63) is 28.8 Å². The van der Waals surface area contributed by atoms with Gasteiger partial charge in [0.1, 0.15) is 5.75 Å². The van der Waals surface area contributed by atoms with Crippen molar-refractivity contribution in [2.45, 2.75) is 19.5 Å². The van der Waals surface area contributed by atoms with Gasteiger partial charge in [0.2, 0.25) is 5.91 Å². The molecular formula is C14H19ClN2O3. The van der Waals surface area contributed by atoms with Crippen LogP contribution in [0.25, 0.3) is 0 Å². The molecule has 0 saturated carbocycles. The van der Waals surface area contributed by atoms with Gasteiger partial charge in [0.15, 0.2) is 0 Å². The molecule has 110 valence electrons. The highest BCUT2D eigenvalue weighted by Gasteiger charge is 2.22. The number of ether oxygens (including phenoxy) is 1. The lowest BCUT2D eigenvalue weighted by molar-refractivity contribution is -0.137. The third-order valence-electron chi connectivity index (χ3n) is 3.33. The molecule has 1 amide bonds. The standard InChI is InChI=1S/C14H19ClN2O3/c1-10(14(19)17-4-6-20-7-5-17)16-9-11-8-12(15)2-3-13(11)18/h2-3,8,10,16,18H,4-7,9H2,1H3. The second kappa shape index (κ2) is 6.92. The minimum absolute atomic E-state index is 0.0508. The molecule has 0 aromatic heterocycles. The molecule has 1 aromatic carbocycles. The van der Waals surface area contributed by atoms with E-state index in [0.29, 0.717) is 43.4 Å². The van der Waals surface area contributed by atoms with Crippen molar-refractivity contribution in [2.24, 2.45) is 0 Å². The average molecular weight is 299 g/mol. The lowest BCUT2D eigenvalue weighted by Crippen LogP contribution is -2.49. The van der Waals surface area contributed by atoms with Crippen molar-refractivity contribution in [3.8, 4) is 5.75 Å². The van der Waals surface area contributed by atoms with Gasteiger partial charge in [-0.25, -0.2) is 0 Å². The number of amides is 1. The number of phenolic OH excluding ortho intramolecular Hbond substituents is 1. The molecule has 1 aliphatic heterocycles. The molecule has 1 unspecified atom stereocenters. The number of morpholine rings is 1. The molecule has 1 atom stereocenters. The van der Waals surface area contributed by atoms with Crippen molar-refractivity contribution >= 4 is 17.5 Å². The van der Waals surface area contributed by atoms with E-state index >= 15 is 0 Å². The quantitative estimate of drug-likeness (QED) is 0.882. The number of hydrogen-bond acceptors (Lipinski definition) is 4. The maximum absolute atomic E-state index is 12.2. The number of rotatable bonds is 4. The normalized spacial score (nSPS) is 17.0. The fourth-order valence-electron chi connectivity index (χ4n) is 2.10. The summed E-state index contributed by atoms with van der Waals surface area (Å²) in [6, 6.07) is 4.55. The van der Waals surface area contributed by atoms with Crippen LogP contribution in [-0.4, -0.2) is 48.3 Å². The molecule has 1 heterocycles. The molecule has 1 aromatic rings. The van der Waals surface area contributed by atoms with Crippen molar-refractivity contribution in [2.75, 3.05) is 26.3 Å². The van der Waals surface area contributed by atoms with Crippen LogP contribution in [0.3, 0.4) is 0 Å². The lowest BCUT2D eigenvalue weighted by Gasteiger charge is -2.29. The Morgan fingerprint density at radius 3 is 2.90 bits per heavy atom. The predicted molar refractivity (Wildman–Crippen MR) is 76.8 cm³/mol. The Hall–Kier alpha value is -1.30. The minimum Gasteiger partial charge on any atom is -0.508 e. The van der Waals surface area contributed by atoms with E-state index in [-0.39, 0.29) is 17.7 Å². The monoisotopic (exact) mass is 298 g/mol. The number of nitrogens with zero attached hydrogens (tertiary/aromatic N) is 1. The van der Waals surface area contributed by atoms with Crippen LogP contribution >= 0.6 is 11.6 Å². The summed E-state index contributed by atoms with van der Waals surface area (Å²) < 4.78 is 5.23. The zero-order valence-electron chi connectivity index (χ0n) is 11.4. The zero-order chi connectivity index (χ0) is 14.5. The minimum atomic E-state index is -0.313. The largest absolute Gasteiger partial charge is 0.508 e. The van der Waals surface area contributed by atoms with Gasteiger partial charge in [0.25, 0.3) is 0 Å². The van der Waals surface area contributed by atoms with Crippen molar-refractivity contribution in [3.63, 3.8) is 0 Å². The van der Waals surface area contributed by atoms with Gasteiger partial charge in [-0.2, -0.15) is 0 Å². The highest BCUT2D eigenvalue weighted by atomic mass is 35.5. The molecule has 0 aliphatic carbocycles. The predicted octanol–water partition coefficient (Wildman–Crippen LogP) is 1.38. The number of aromatic hydroxyl groups is 1. The highest BCUT2D eigenvalue weighted by Crippen LogP contribution is 2.21. The first-order valence-corrected chi connectivity index (χ1v) is 7.03. The Kier molecular flexibility index (Phi) is 5.23. The first-order chi connectivity index (χ1) is 9.58. The van der Waals surface area contributed by atoms with E-state index in [9.17, 15) is 9.90 Å². The molecule has 6 heteroatoms. The number of carbonyl (C=O) groups is 1. The Balaban J connectivity index is 1.89. The van der Waals surface area contributed by atoms with Gasteiger partial charge in [0, 0.05) is 30.2 Å². The Bertz CT molecular complexity index is 475. The van der Waals surface area contributed by atoms with Gasteiger partial charge in [-0.05, 0) is 25.1 Å². The van der Waals surface area contributed by atoms with Crippen molar-refractivity contribution in [1.82, 2.24) is 10.2 Å². The fraction of sp³-hybridized carbons (Fsp3) is 0.500. The van der Waals surface area contributed by atoms with E-state index in [4.69, 9.17) is 16.3 Å². The van der Waals surface area contributed by atoms with Crippen molar-refractivity contribution < 1.29 is 14.6 Å². The maximum atomic E-state index is 12.2. The number of carbonyl (C=O) groups excluding carboxylic acids is 1. The van der Waals surface area contributed by atoms with Crippen LogP contribution in [0.1, 0.15) is 12.5 Å². The van der Waals surface area contributed by atoms with Crippen LogP contribution in [0.5, 0.6) is 5.75 Å². The summed E-state index contributed by atoms with van der Waals surface area (Å²) in [6.07, 6.45) is 0. The summed E-state index contributed by atoms with van der Waals surface area (Å²) in [5.41, 5.74) is 0.680. The average Bonchev–Trinajstić information content (AvgIpc) is 2.48. The van der Waals surface area contributed by atoms with E-state index in [1.807, 2.05) is 6.92 Å². The smallest absolute Gasteiger partial charge is 0.239 e. The van der Waals surface area contributed by atoms with E-state index in [1.54, 1.807) is 23.1 Å². The molecule has 0 spiro atoms. The number of benzene rings is 1. The van der Waals surface area contributed by atoms with E-state index in [2.05, 4.69) is 5.32 Å². The van der Waals surface area contributed by atoms with Gasteiger partial charge >= 0.3 is 0 Å². The van der Waals surface area contributed by atoms with E-state index in [0.717, 1.165) is 0 Å². The number of phenols is 1. The summed E-state index contributed by atoms with van der Waals surface area (Å²) in [4.78, 5) is 14.0. The molecule has 2 N–H and O–H groups in total. The number of halogens is 1. The maximum Gasteiger partial charge on any atom is 0.239 e. The Morgan fingerprint density at radius 1 is 1.50 bits per heavy atom. The first kappa shape index (κ1) is 15.1. The number of nitrogens with one attached hydrogen (secondary N) is 1. The SMILES string of the molecule is CC(NCc1cc(Cl)ccc1O)C(=O)N1CCOCC1. The topological polar surface area (TPSA) is 61.8 Å². The summed E-state index contributed by atoms with van der Waals surface area (Å²) in [6.45, 7) is 4.66. The zero-order valence-corrected chi connectivity index (χ0v) is 12.2. The van der Waals surface area contributed by atoms with Gasteiger partial charge < -0.3 is 20.1 Å². The Labute approximate surface area is 123 Å².